The van der Waals surface area contributed by atoms with Gasteiger partial charge in [-0.25, -0.2) is 4.79 Å². The molecule has 4 nitrogen and oxygen atoms in total. The minimum Gasteiger partial charge on any atom is -0.479 e. The Hall–Kier alpha value is -1.39. The summed E-state index contributed by atoms with van der Waals surface area (Å²) in [5.74, 6) is -1.49. The number of aliphatic hydroxyl groups excluding tert-OH is 1. The van der Waals surface area contributed by atoms with Crippen molar-refractivity contribution in [1.82, 2.24) is 0 Å². The Morgan fingerprint density at radius 2 is 1.94 bits per heavy atom. The fraction of sp³-hybridized carbons (Fsp3) is 0.333. The van der Waals surface area contributed by atoms with Crippen LogP contribution in [0.4, 0.5) is 0 Å². The van der Waals surface area contributed by atoms with Crippen LogP contribution in [0, 0.1) is 6.92 Å². The van der Waals surface area contributed by atoms with Gasteiger partial charge < -0.3 is 10.2 Å². The minimum absolute atomic E-state index is 0.179. The summed E-state index contributed by atoms with van der Waals surface area (Å²) in [6.45, 7) is 3.10. The highest BCUT2D eigenvalue weighted by atomic mass is 35.5. The summed E-state index contributed by atoms with van der Waals surface area (Å²) in [4.78, 5) is 21.8. The van der Waals surface area contributed by atoms with Gasteiger partial charge in [-0.3, -0.25) is 4.79 Å². The molecule has 0 aliphatic rings. The van der Waals surface area contributed by atoms with Gasteiger partial charge in [-0.2, -0.15) is 0 Å². The van der Waals surface area contributed by atoms with Crippen molar-refractivity contribution in [1.29, 1.82) is 0 Å². The molecule has 0 spiro atoms. The van der Waals surface area contributed by atoms with Gasteiger partial charge in [-0.15, -0.1) is 11.6 Å². The quantitative estimate of drug-likeness (QED) is 0.808. The zero-order valence-corrected chi connectivity index (χ0v) is 10.2. The second-order valence-corrected chi connectivity index (χ2v) is 4.27. The number of carboxylic acid groups (broad SMARTS) is 1. The van der Waals surface area contributed by atoms with Crippen LogP contribution >= 0.6 is 11.6 Å². The average molecular weight is 257 g/mol. The smallest absolute Gasteiger partial charge is 0.337 e. The molecule has 0 aliphatic carbocycles. The predicted octanol–water partition coefficient (Wildman–Crippen LogP) is 1.98. The van der Waals surface area contributed by atoms with Crippen LogP contribution in [-0.2, 0) is 9.59 Å². The average Bonchev–Trinajstić information content (AvgIpc) is 2.26. The summed E-state index contributed by atoms with van der Waals surface area (Å²) in [5, 5.41) is 17.3. The van der Waals surface area contributed by atoms with Crippen LogP contribution in [0.5, 0.6) is 0 Å². The SMILES string of the molecule is CC(=O)C(Cl)c1ccc(C(O)C(=O)O)cc1C. The molecule has 92 valence electrons. The van der Waals surface area contributed by atoms with Gasteiger partial charge in [0, 0.05) is 0 Å². The fourth-order valence-electron chi connectivity index (χ4n) is 1.51. The number of carboxylic acids is 1. The second kappa shape index (κ2) is 5.29. The summed E-state index contributed by atoms with van der Waals surface area (Å²) < 4.78 is 0. The Bertz CT molecular complexity index is 456. The predicted molar refractivity (Wildman–Crippen MR) is 63.0 cm³/mol. The Kier molecular flexibility index (Phi) is 4.26. The van der Waals surface area contributed by atoms with E-state index in [1.807, 2.05) is 0 Å². The monoisotopic (exact) mass is 256 g/mol. The number of aryl methyl sites for hydroxylation is 1. The Morgan fingerprint density at radius 1 is 1.35 bits per heavy atom. The lowest BCUT2D eigenvalue weighted by Crippen LogP contribution is -2.11. The number of carbonyl (C=O) groups is 2. The first-order valence-corrected chi connectivity index (χ1v) is 5.44. The number of Topliss-reactive ketones (excluding diaryl/α,β-unsaturated/α-hetero) is 1. The van der Waals surface area contributed by atoms with Crippen molar-refractivity contribution in [3.8, 4) is 0 Å². The Balaban J connectivity index is 3.10. The number of carbonyl (C=O) groups excluding carboxylic acids is 1. The number of halogens is 1. The van der Waals surface area contributed by atoms with Crippen molar-refractivity contribution in [2.75, 3.05) is 0 Å². The molecule has 0 heterocycles. The lowest BCUT2D eigenvalue weighted by atomic mass is 9.98. The topological polar surface area (TPSA) is 74.6 Å². The summed E-state index contributed by atoms with van der Waals surface area (Å²) >= 11 is 5.91. The fourth-order valence-corrected chi connectivity index (χ4v) is 1.76. The lowest BCUT2D eigenvalue weighted by molar-refractivity contribution is -0.147. The third-order valence-electron chi connectivity index (χ3n) is 2.47. The first-order chi connectivity index (χ1) is 7.84. The molecule has 2 N–H and O–H groups in total. The van der Waals surface area contributed by atoms with E-state index in [1.165, 1.54) is 19.1 Å². The van der Waals surface area contributed by atoms with Gasteiger partial charge in [0.1, 0.15) is 5.38 Å². The van der Waals surface area contributed by atoms with Gasteiger partial charge in [0.25, 0.3) is 0 Å². The number of aliphatic hydroxyl groups is 1. The van der Waals surface area contributed by atoms with Crippen molar-refractivity contribution in [2.24, 2.45) is 0 Å². The first-order valence-electron chi connectivity index (χ1n) is 5.00. The number of benzene rings is 1. The number of ketones is 1. The molecule has 0 bridgehead atoms. The molecule has 0 saturated carbocycles. The number of hydrogen-bond acceptors (Lipinski definition) is 3. The lowest BCUT2D eigenvalue weighted by Gasteiger charge is -2.13. The standard InChI is InChI=1S/C12H13ClO4/c1-6-5-8(11(15)12(16)17)3-4-9(6)10(13)7(2)14/h3-5,10-11,15H,1-2H3,(H,16,17). The van der Waals surface area contributed by atoms with Crippen molar-refractivity contribution in [3.63, 3.8) is 0 Å². The van der Waals surface area contributed by atoms with Crippen LogP contribution in [0.25, 0.3) is 0 Å². The van der Waals surface area contributed by atoms with Gasteiger partial charge in [0.05, 0.1) is 0 Å². The van der Waals surface area contributed by atoms with Gasteiger partial charge in [-0.05, 0) is 30.5 Å². The molecule has 1 aromatic carbocycles. The third kappa shape index (κ3) is 3.05. The Labute approximate surface area is 104 Å². The molecule has 2 atom stereocenters. The molecule has 5 heteroatoms. The molecule has 0 amide bonds. The second-order valence-electron chi connectivity index (χ2n) is 3.83. The Morgan fingerprint density at radius 3 is 2.35 bits per heavy atom. The maximum absolute atomic E-state index is 11.1. The molecule has 0 aromatic heterocycles. The normalized spacial score (nSPS) is 14.1. The van der Waals surface area contributed by atoms with Crippen molar-refractivity contribution >= 4 is 23.4 Å². The summed E-state index contributed by atoms with van der Waals surface area (Å²) in [5.41, 5.74) is 1.57. The molecule has 17 heavy (non-hydrogen) atoms. The summed E-state index contributed by atoms with van der Waals surface area (Å²) in [6.07, 6.45) is -1.56. The highest BCUT2D eigenvalue weighted by Gasteiger charge is 2.19. The van der Waals surface area contributed by atoms with E-state index in [0.717, 1.165) is 0 Å². The van der Waals surface area contributed by atoms with E-state index in [4.69, 9.17) is 16.7 Å². The molecule has 1 aromatic rings. The van der Waals surface area contributed by atoms with E-state index in [-0.39, 0.29) is 11.3 Å². The van der Waals surface area contributed by atoms with E-state index in [2.05, 4.69) is 0 Å². The van der Waals surface area contributed by atoms with Gasteiger partial charge in [0.2, 0.25) is 0 Å². The number of rotatable bonds is 4. The maximum Gasteiger partial charge on any atom is 0.337 e. The van der Waals surface area contributed by atoms with Gasteiger partial charge in [-0.1, -0.05) is 18.2 Å². The van der Waals surface area contributed by atoms with Crippen LogP contribution in [0.2, 0.25) is 0 Å². The minimum atomic E-state index is -1.56. The van der Waals surface area contributed by atoms with Crippen LogP contribution in [0.3, 0.4) is 0 Å². The summed E-state index contributed by atoms with van der Waals surface area (Å²) in [6, 6.07) is 4.54. The van der Waals surface area contributed by atoms with Crippen LogP contribution in [0.15, 0.2) is 18.2 Å². The van der Waals surface area contributed by atoms with E-state index in [1.54, 1.807) is 13.0 Å². The molecule has 0 saturated heterocycles. The van der Waals surface area contributed by atoms with Crippen molar-refractivity contribution in [2.45, 2.75) is 25.3 Å². The first kappa shape index (κ1) is 13.7. The highest BCUT2D eigenvalue weighted by molar-refractivity contribution is 6.30. The van der Waals surface area contributed by atoms with Crippen LogP contribution in [0.1, 0.15) is 35.1 Å². The van der Waals surface area contributed by atoms with E-state index in [9.17, 15) is 14.7 Å². The van der Waals surface area contributed by atoms with Crippen LogP contribution < -0.4 is 0 Å². The molecular formula is C12H13ClO4. The highest BCUT2D eigenvalue weighted by Crippen LogP contribution is 2.27. The van der Waals surface area contributed by atoms with Crippen molar-refractivity contribution < 1.29 is 19.8 Å². The molecule has 0 radical (unpaired) electrons. The van der Waals surface area contributed by atoms with E-state index in [0.29, 0.717) is 11.1 Å². The third-order valence-corrected chi connectivity index (χ3v) is 3.02. The maximum atomic E-state index is 11.1. The molecule has 0 fully saturated rings. The molecule has 1 rings (SSSR count). The van der Waals surface area contributed by atoms with Gasteiger partial charge >= 0.3 is 5.97 Å². The van der Waals surface area contributed by atoms with Crippen molar-refractivity contribution in [3.05, 3.63) is 34.9 Å². The zero-order chi connectivity index (χ0) is 13.2. The number of aliphatic carboxylic acids is 1. The molecule has 2 unspecified atom stereocenters. The van der Waals surface area contributed by atoms with Crippen LogP contribution in [-0.4, -0.2) is 22.0 Å². The van der Waals surface area contributed by atoms with Gasteiger partial charge in [0.15, 0.2) is 11.9 Å². The van der Waals surface area contributed by atoms with E-state index >= 15 is 0 Å². The molecular weight excluding hydrogens is 244 g/mol. The largest absolute Gasteiger partial charge is 0.479 e. The number of alkyl halides is 1. The number of hydrogen-bond donors (Lipinski definition) is 2. The van der Waals surface area contributed by atoms with E-state index < -0.39 is 17.5 Å². The summed E-state index contributed by atoms with van der Waals surface area (Å²) in [7, 11) is 0. The zero-order valence-electron chi connectivity index (χ0n) is 9.48. The molecule has 0 aliphatic heterocycles.